The zero-order valence-corrected chi connectivity index (χ0v) is 6.57. The molecular weight excluding hydrogens is 173 g/mol. The maximum Gasteiger partial charge on any atom is 0.149 e. The van der Waals surface area contributed by atoms with E-state index in [-0.39, 0.29) is 5.82 Å². The van der Waals surface area contributed by atoms with Gasteiger partial charge in [0.05, 0.1) is 0 Å². The molecule has 1 heterocycles. The van der Waals surface area contributed by atoms with E-state index in [9.17, 15) is 4.39 Å². The Morgan fingerprint density at radius 1 is 1.38 bits per heavy atom. The average molecular weight is 179 g/mol. The number of fused-ring (bicyclic) bond motifs is 1. The lowest BCUT2D eigenvalue weighted by Gasteiger charge is -1.86. The summed E-state index contributed by atoms with van der Waals surface area (Å²) in [6.07, 6.45) is 1.15. The first-order chi connectivity index (χ1) is 6.29. The van der Waals surface area contributed by atoms with Crippen LogP contribution in [0.5, 0.6) is 0 Å². The lowest BCUT2D eigenvalue weighted by atomic mass is 10.2. The molecule has 0 aliphatic heterocycles. The Morgan fingerprint density at radius 3 is 3.00 bits per heavy atom. The first-order valence-electron chi connectivity index (χ1n) is 3.66. The summed E-state index contributed by atoms with van der Waals surface area (Å²) in [7, 11) is 0. The van der Waals surface area contributed by atoms with Crippen LogP contribution in [-0.2, 0) is 0 Å². The van der Waals surface area contributed by atoms with Crippen LogP contribution in [0.15, 0.2) is 33.8 Å². The van der Waals surface area contributed by atoms with Crippen molar-refractivity contribution in [1.82, 2.24) is 0 Å². The first kappa shape index (κ1) is 7.79. The van der Waals surface area contributed by atoms with Crippen molar-refractivity contribution in [3.63, 3.8) is 0 Å². The van der Waals surface area contributed by atoms with Crippen molar-refractivity contribution in [2.24, 2.45) is 5.16 Å². The van der Waals surface area contributed by atoms with Crippen LogP contribution < -0.4 is 0 Å². The van der Waals surface area contributed by atoms with E-state index < -0.39 is 0 Å². The van der Waals surface area contributed by atoms with Crippen molar-refractivity contribution in [2.75, 3.05) is 0 Å². The summed E-state index contributed by atoms with van der Waals surface area (Å²) in [4.78, 5) is 0. The Kier molecular flexibility index (Phi) is 1.73. The minimum atomic E-state index is -0.319. The predicted molar refractivity (Wildman–Crippen MR) is 45.6 cm³/mol. The number of oxime groups is 1. The monoisotopic (exact) mass is 179 g/mol. The van der Waals surface area contributed by atoms with E-state index in [4.69, 9.17) is 9.62 Å². The van der Waals surface area contributed by atoms with E-state index in [1.807, 2.05) is 0 Å². The van der Waals surface area contributed by atoms with Gasteiger partial charge in [0.2, 0.25) is 0 Å². The van der Waals surface area contributed by atoms with Gasteiger partial charge in [-0.15, -0.1) is 0 Å². The third kappa shape index (κ3) is 1.38. The zero-order valence-electron chi connectivity index (χ0n) is 6.57. The van der Waals surface area contributed by atoms with Crippen molar-refractivity contribution in [1.29, 1.82) is 0 Å². The number of hydrogen-bond acceptors (Lipinski definition) is 3. The molecule has 0 aliphatic rings. The molecule has 0 bridgehead atoms. The molecule has 0 saturated heterocycles. The SMILES string of the molecule is O/N=C/c1cc2cc(F)ccc2o1. The molecule has 0 aliphatic carbocycles. The summed E-state index contributed by atoms with van der Waals surface area (Å²) in [5.41, 5.74) is 0.566. The molecule has 0 amide bonds. The van der Waals surface area contributed by atoms with E-state index in [2.05, 4.69) is 5.16 Å². The summed E-state index contributed by atoms with van der Waals surface area (Å²) < 4.78 is 17.9. The zero-order chi connectivity index (χ0) is 9.26. The van der Waals surface area contributed by atoms with Crippen molar-refractivity contribution in [3.8, 4) is 0 Å². The Balaban J connectivity index is 2.62. The highest BCUT2D eigenvalue weighted by atomic mass is 19.1. The maximum absolute atomic E-state index is 12.7. The molecule has 2 rings (SSSR count). The number of rotatable bonds is 1. The van der Waals surface area contributed by atoms with Gasteiger partial charge in [0.1, 0.15) is 23.4 Å². The van der Waals surface area contributed by atoms with Crippen LogP contribution in [0.2, 0.25) is 0 Å². The lowest BCUT2D eigenvalue weighted by Crippen LogP contribution is -1.70. The van der Waals surface area contributed by atoms with Gasteiger partial charge in [0.25, 0.3) is 0 Å². The summed E-state index contributed by atoms with van der Waals surface area (Å²) in [5.74, 6) is 0.0730. The van der Waals surface area contributed by atoms with Crippen LogP contribution in [0.3, 0.4) is 0 Å². The highest BCUT2D eigenvalue weighted by molar-refractivity contribution is 5.86. The van der Waals surface area contributed by atoms with Crippen LogP contribution >= 0.6 is 0 Å². The van der Waals surface area contributed by atoms with Crippen LogP contribution in [0.4, 0.5) is 4.39 Å². The Hall–Kier alpha value is -1.84. The van der Waals surface area contributed by atoms with E-state index in [0.29, 0.717) is 16.7 Å². The van der Waals surface area contributed by atoms with Gasteiger partial charge in [-0.25, -0.2) is 4.39 Å². The quantitative estimate of drug-likeness (QED) is 0.415. The molecule has 0 radical (unpaired) electrons. The molecule has 66 valence electrons. The second-order valence-corrected chi connectivity index (χ2v) is 2.58. The van der Waals surface area contributed by atoms with Gasteiger partial charge in [-0.1, -0.05) is 5.16 Å². The summed E-state index contributed by atoms with van der Waals surface area (Å²) >= 11 is 0. The molecule has 1 aromatic heterocycles. The normalized spacial score (nSPS) is 11.5. The highest BCUT2D eigenvalue weighted by Gasteiger charge is 2.02. The maximum atomic E-state index is 12.7. The second kappa shape index (κ2) is 2.90. The number of nitrogens with zero attached hydrogens (tertiary/aromatic N) is 1. The topological polar surface area (TPSA) is 45.7 Å². The van der Waals surface area contributed by atoms with E-state index in [1.54, 1.807) is 6.07 Å². The third-order valence-corrected chi connectivity index (χ3v) is 1.68. The Morgan fingerprint density at radius 2 is 2.23 bits per heavy atom. The second-order valence-electron chi connectivity index (χ2n) is 2.58. The molecular formula is C9H6FNO2. The molecule has 0 spiro atoms. The standard InChI is InChI=1S/C9H6FNO2/c10-7-1-2-9-6(3-7)4-8(13-9)5-11-12/h1-5,12H/b11-5+. The van der Waals surface area contributed by atoms with Crippen molar-refractivity contribution < 1.29 is 14.0 Å². The molecule has 0 saturated carbocycles. The first-order valence-corrected chi connectivity index (χ1v) is 3.66. The summed E-state index contributed by atoms with van der Waals surface area (Å²) in [6, 6.07) is 5.79. The Bertz CT molecular complexity index is 462. The molecule has 1 N–H and O–H groups in total. The molecule has 1 aromatic carbocycles. The molecule has 3 nitrogen and oxygen atoms in total. The van der Waals surface area contributed by atoms with Crippen LogP contribution in [-0.4, -0.2) is 11.4 Å². The van der Waals surface area contributed by atoms with Gasteiger partial charge in [-0.05, 0) is 24.3 Å². The fraction of sp³-hybridized carbons (Fsp3) is 0. The van der Waals surface area contributed by atoms with E-state index in [0.717, 1.165) is 6.21 Å². The average Bonchev–Trinajstić information content (AvgIpc) is 2.46. The summed E-state index contributed by atoms with van der Waals surface area (Å²) in [6.45, 7) is 0. The lowest BCUT2D eigenvalue weighted by molar-refractivity contribution is 0.321. The van der Waals surface area contributed by atoms with Crippen LogP contribution in [0.25, 0.3) is 11.0 Å². The smallest absolute Gasteiger partial charge is 0.149 e. The minimum Gasteiger partial charge on any atom is -0.455 e. The minimum absolute atomic E-state index is 0.319. The fourth-order valence-corrected chi connectivity index (χ4v) is 1.16. The van der Waals surface area contributed by atoms with Gasteiger partial charge in [-0.2, -0.15) is 0 Å². The predicted octanol–water partition coefficient (Wildman–Crippen LogP) is 2.38. The van der Waals surface area contributed by atoms with Gasteiger partial charge in [0.15, 0.2) is 0 Å². The molecule has 0 unspecified atom stereocenters. The molecule has 4 heteroatoms. The molecule has 13 heavy (non-hydrogen) atoms. The largest absolute Gasteiger partial charge is 0.455 e. The molecule has 2 aromatic rings. The van der Waals surface area contributed by atoms with Crippen molar-refractivity contribution in [3.05, 3.63) is 35.8 Å². The van der Waals surface area contributed by atoms with Gasteiger partial charge >= 0.3 is 0 Å². The third-order valence-electron chi connectivity index (χ3n) is 1.68. The Labute approximate surface area is 73.1 Å². The fourth-order valence-electron chi connectivity index (χ4n) is 1.16. The summed E-state index contributed by atoms with van der Waals surface area (Å²) in [5, 5.41) is 11.7. The van der Waals surface area contributed by atoms with Crippen molar-refractivity contribution >= 4 is 17.2 Å². The van der Waals surface area contributed by atoms with Gasteiger partial charge in [-0.3, -0.25) is 0 Å². The van der Waals surface area contributed by atoms with E-state index >= 15 is 0 Å². The molecule has 0 fully saturated rings. The van der Waals surface area contributed by atoms with E-state index in [1.165, 1.54) is 18.2 Å². The van der Waals surface area contributed by atoms with Crippen LogP contribution in [0.1, 0.15) is 5.76 Å². The number of benzene rings is 1. The number of hydrogen-bond donors (Lipinski definition) is 1. The van der Waals surface area contributed by atoms with Crippen molar-refractivity contribution in [2.45, 2.75) is 0 Å². The number of furan rings is 1. The van der Waals surface area contributed by atoms with Gasteiger partial charge in [0, 0.05) is 5.39 Å². The molecule has 0 atom stereocenters. The van der Waals surface area contributed by atoms with Crippen LogP contribution in [0, 0.1) is 5.82 Å². The van der Waals surface area contributed by atoms with Gasteiger partial charge < -0.3 is 9.62 Å². The highest BCUT2D eigenvalue weighted by Crippen LogP contribution is 2.18. The number of halogens is 1.